The summed E-state index contributed by atoms with van der Waals surface area (Å²) in [5.41, 5.74) is 3.29. The van der Waals surface area contributed by atoms with Gasteiger partial charge in [0.1, 0.15) is 17.2 Å². The van der Waals surface area contributed by atoms with E-state index in [1.54, 1.807) is 54.6 Å². The van der Waals surface area contributed by atoms with Crippen LogP contribution in [-0.2, 0) is 9.84 Å². The number of hydrogen-bond acceptors (Lipinski definition) is 6. The molecule has 0 atom stereocenters. The molecular formula is C23H19NO5S. The Balaban J connectivity index is 1.99. The Bertz CT molecular complexity index is 1360. The van der Waals surface area contributed by atoms with E-state index >= 15 is 0 Å². The molecule has 0 aliphatic rings. The molecule has 0 fully saturated rings. The number of pyridine rings is 1. The van der Waals surface area contributed by atoms with Gasteiger partial charge in [-0.1, -0.05) is 12.1 Å². The smallest absolute Gasteiger partial charge is 0.175 e. The number of aromatic hydroxyl groups is 2. The van der Waals surface area contributed by atoms with E-state index in [-0.39, 0.29) is 16.4 Å². The molecule has 0 aliphatic carbocycles. The number of rotatable bonds is 4. The van der Waals surface area contributed by atoms with Crippen LogP contribution < -0.4 is 4.74 Å². The third kappa shape index (κ3) is 3.67. The molecule has 0 amide bonds. The number of benzene rings is 3. The number of aromatic nitrogens is 1. The summed E-state index contributed by atoms with van der Waals surface area (Å²) in [5, 5.41) is 20.7. The molecule has 30 heavy (non-hydrogen) atoms. The van der Waals surface area contributed by atoms with Crippen molar-refractivity contribution in [2.75, 3.05) is 13.4 Å². The van der Waals surface area contributed by atoms with Crippen molar-refractivity contribution in [3.63, 3.8) is 0 Å². The molecule has 0 aliphatic heterocycles. The van der Waals surface area contributed by atoms with Crippen molar-refractivity contribution in [1.29, 1.82) is 0 Å². The molecule has 0 spiro atoms. The Morgan fingerprint density at radius 2 is 1.50 bits per heavy atom. The quantitative estimate of drug-likeness (QED) is 0.507. The molecular weight excluding hydrogens is 402 g/mol. The van der Waals surface area contributed by atoms with Crippen molar-refractivity contribution in [1.82, 2.24) is 4.98 Å². The highest BCUT2D eigenvalue weighted by Crippen LogP contribution is 2.38. The van der Waals surface area contributed by atoms with Crippen LogP contribution in [0.2, 0.25) is 0 Å². The topological polar surface area (TPSA) is 96.7 Å². The minimum absolute atomic E-state index is 0.0719. The highest BCUT2D eigenvalue weighted by molar-refractivity contribution is 7.90. The summed E-state index contributed by atoms with van der Waals surface area (Å²) >= 11 is 0. The van der Waals surface area contributed by atoms with Crippen LogP contribution in [0.25, 0.3) is 33.3 Å². The maximum absolute atomic E-state index is 11.8. The fourth-order valence-corrected chi connectivity index (χ4v) is 4.00. The van der Waals surface area contributed by atoms with Crippen molar-refractivity contribution < 1.29 is 23.4 Å². The van der Waals surface area contributed by atoms with Crippen molar-refractivity contribution in [2.24, 2.45) is 0 Å². The third-order valence-corrected chi connectivity index (χ3v) is 5.97. The lowest BCUT2D eigenvalue weighted by Crippen LogP contribution is -1.97. The Labute approximate surface area is 174 Å². The highest BCUT2D eigenvalue weighted by Gasteiger charge is 2.15. The normalized spacial score (nSPS) is 11.5. The SMILES string of the molecule is COc1ccc(O)cc1-c1cc(-c2ccc(S(C)(=O)=O)cc2)c2ccc(O)cc2n1. The standard InChI is InChI=1S/C23H19NO5S/c1-29-23-10-6-15(25)11-20(23)22-13-19(18-9-5-16(26)12-21(18)24-22)14-3-7-17(8-4-14)30(2,27)28/h3-13,25-26H,1-2H3. The largest absolute Gasteiger partial charge is 0.508 e. The van der Waals surface area contributed by atoms with Crippen LogP contribution in [0, 0.1) is 0 Å². The van der Waals surface area contributed by atoms with Gasteiger partial charge >= 0.3 is 0 Å². The summed E-state index contributed by atoms with van der Waals surface area (Å²) in [6.07, 6.45) is 1.17. The van der Waals surface area contributed by atoms with Crippen molar-refractivity contribution >= 4 is 20.7 Å². The van der Waals surface area contributed by atoms with Gasteiger partial charge in [-0.2, -0.15) is 0 Å². The van der Waals surface area contributed by atoms with Crippen molar-refractivity contribution in [3.8, 4) is 39.6 Å². The van der Waals surface area contributed by atoms with Gasteiger partial charge < -0.3 is 14.9 Å². The van der Waals surface area contributed by atoms with Gasteiger partial charge in [0.15, 0.2) is 9.84 Å². The van der Waals surface area contributed by atoms with Gasteiger partial charge in [0.25, 0.3) is 0 Å². The average molecular weight is 421 g/mol. The number of nitrogens with zero attached hydrogens (tertiary/aromatic N) is 1. The van der Waals surface area contributed by atoms with Gasteiger partial charge in [0.05, 0.1) is 23.2 Å². The first kappa shape index (κ1) is 19.7. The number of methoxy groups -OCH3 is 1. The van der Waals surface area contributed by atoms with Crippen LogP contribution in [0.15, 0.2) is 71.6 Å². The first-order chi connectivity index (χ1) is 14.3. The molecule has 0 saturated carbocycles. The van der Waals surface area contributed by atoms with E-state index in [9.17, 15) is 18.6 Å². The lowest BCUT2D eigenvalue weighted by atomic mass is 9.98. The molecule has 4 aromatic rings. The zero-order chi connectivity index (χ0) is 21.5. The van der Waals surface area contributed by atoms with E-state index in [1.165, 1.54) is 19.4 Å². The molecule has 0 saturated heterocycles. The van der Waals surface area contributed by atoms with E-state index in [2.05, 4.69) is 4.98 Å². The van der Waals surface area contributed by atoms with E-state index in [0.717, 1.165) is 16.5 Å². The van der Waals surface area contributed by atoms with Gasteiger partial charge in [0, 0.05) is 23.3 Å². The Hall–Kier alpha value is -3.58. The summed E-state index contributed by atoms with van der Waals surface area (Å²) in [5.74, 6) is 0.689. The first-order valence-electron chi connectivity index (χ1n) is 9.08. The molecule has 6 nitrogen and oxygen atoms in total. The maximum atomic E-state index is 11.8. The van der Waals surface area contributed by atoms with Gasteiger partial charge in [-0.25, -0.2) is 13.4 Å². The van der Waals surface area contributed by atoms with E-state index in [4.69, 9.17) is 4.74 Å². The lowest BCUT2D eigenvalue weighted by molar-refractivity contribution is 0.414. The first-order valence-corrected chi connectivity index (χ1v) is 11.0. The van der Waals surface area contributed by atoms with Crippen molar-refractivity contribution in [3.05, 3.63) is 66.7 Å². The minimum atomic E-state index is -3.30. The monoisotopic (exact) mass is 421 g/mol. The van der Waals surface area contributed by atoms with Gasteiger partial charge in [-0.3, -0.25) is 0 Å². The molecule has 0 unspecified atom stereocenters. The van der Waals surface area contributed by atoms with Crippen LogP contribution in [0.1, 0.15) is 0 Å². The molecule has 0 radical (unpaired) electrons. The van der Waals surface area contributed by atoms with Gasteiger partial charge in [-0.05, 0) is 59.7 Å². The fourth-order valence-electron chi connectivity index (χ4n) is 3.37. The maximum Gasteiger partial charge on any atom is 0.175 e. The van der Waals surface area contributed by atoms with Gasteiger partial charge in [-0.15, -0.1) is 0 Å². The minimum Gasteiger partial charge on any atom is -0.508 e. The molecule has 7 heteroatoms. The van der Waals surface area contributed by atoms with Crippen LogP contribution in [0.5, 0.6) is 17.2 Å². The summed E-state index contributed by atoms with van der Waals surface area (Å²) in [6.45, 7) is 0. The average Bonchev–Trinajstić information content (AvgIpc) is 2.72. The second kappa shape index (κ2) is 7.35. The lowest BCUT2D eigenvalue weighted by Gasteiger charge is -2.13. The van der Waals surface area contributed by atoms with Crippen LogP contribution >= 0.6 is 0 Å². The summed E-state index contributed by atoms with van der Waals surface area (Å²) in [7, 11) is -1.77. The number of fused-ring (bicyclic) bond motifs is 1. The van der Waals surface area contributed by atoms with E-state index in [1.807, 2.05) is 6.07 Å². The fraction of sp³-hybridized carbons (Fsp3) is 0.0870. The summed E-state index contributed by atoms with van der Waals surface area (Å²) < 4.78 is 29.0. The second-order valence-corrected chi connectivity index (χ2v) is 8.95. The molecule has 152 valence electrons. The number of phenolic OH excluding ortho intramolecular Hbond substituents is 2. The molecule has 0 bridgehead atoms. The van der Waals surface area contributed by atoms with Gasteiger partial charge in [0.2, 0.25) is 0 Å². The number of ether oxygens (including phenoxy) is 1. The second-order valence-electron chi connectivity index (χ2n) is 6.94. The van der Waals surface area contributed by atoms with Crippen LogP contribution in [0.4, 0.5) is 0 Å². The summed E-state index contributed by atoms with van der Waals surface area (Å²) in [4.78, 5) is 4.89. The third-order valence-electron chi connectivity index (χ3n) is 4.85. The van der Waals surface area contributed by atoms with E-state index < -0.39 is 9.84 Å². The number of phenols is 2. The Kier molecular flexibility index (Phi) is 4.83. The number of hydrogen-bond donors (Lipinski definition) is 2. The molecule has 4 rings (SSSR count). The summed E-state index contributed by atoms with van der Waals surface area (Å²) in [6, 6.07) is 18.1. The molecule has 3 aromatic carbocycles. The van der Waals surface area contributed by atoms with E-state index in [0.29, 0.717) is 22.5 Å². The van der Waals surface area contributed by atoms with Crippen LogP contribution in [-0.4, -0.2) is 37.0 Å². The molecule has 2 N–H and O–H groups in total. The Morgan fingerprint density at radius 3 is 2.17 bits per heavy atom. The van der Waals surface area contributed by atoms with Crippen LogP contribution in [0.3, 0.4) is 0 Å². The molecule has 1 heterocycles. The Morgan fingerprint density at radius 1 is 0.833 bits per heavy atom. The predicted octanol–water partition coefficient (Wildman–Crippen LogP) is 4.39. The van der Waals surface area contributed by atoms with Crippen molar-refractivity contribution in [2.45, 2.75) is 4.90 Å². The highest BCUT2D eigenvalue weighted by atomic mass is 32.2. The predicted molar refractivity (Wildman–Crippen MR) is 116 cm³/mol. The zero-order valence-electron chi connectivity index (χ0n) is 16.3. The number of sulfone groups is 1. The zero-order valence-corrected chi connectivity index (χ0v) is 17.1. The molecule has 1 aromatic heterocycles.